The molecule has 0 unspecified atom stereocenters. The fraction of sp³-hybridized carbons (Fsp3) is 0.125. The van der Waals surface area contributed by atoms with Crippen LogP contribution in [0, 0.1) is 0 Å². The van der Waals surface area contributed by atoms with Crippen LogP contribution in [0.2, 0.25) is 5.02 Å². The Hall–Kier alpha value is -2.73. The summed E-state index contributed by atoms with van der Waals surface area (Å²) in [6.07, 6.45) is 1.53. The molecule has 0 amide bonds. The van der Waals surface area contributed by atoms with E-state index in [9.17, 15) is 9.90 Å². The molecule has 0 radical (unpaired) electrons. The highest BCUT2D eigenvalue weighted by Crippen LogP contribution is 2.24. The fourth-order valence-electron chi connectivity index (χ4n) is 1.83. The van der Waals surface area contributed by atoms with Crippen molar-refractivity contribution in [2.24, 2.45) is 5.10 Å². The third-order valence-electron chi connectivity index (χ3n) is 3.03. The smallest absolute Gasteiger partial charge is 0.131 e. The molecule has 7 heteroatoms. The Morgan fingerprint density at radius 2 is 2.00 bits per heavy atom. The summed E-state index contributed by atoms with van der Waals surface area (Å²) in [4.78, 5) is 10.9. The maximum absolute atomic E-state index is 10.9. The molecule has 0 atom stereocenters. The van der Waals surface area contributed by atoms with Crippen LogP contribution in [-0.4, -0.2) is 26.4 Å². The molecule has 0 heterocycles. The quantitative estimate of drug-likeness (QED) is 0.647. The zero-order valence-electron chi connectivity index (χ0n) is 12.5. The summed E-state index contributed by atoms with van der Waals surface area (Å²) in [5.41, 5.74) is 3.78. The van der Waals surface area contributed by atoms with Crippen molar-refractivity contribution in [1.29, 1.82) is 0 Å². The number of rotatable bonds is 6. The Labute approximate surface area is 138 Å². The third kappa shape index (κ3) is 4.14. The molecule has 1 N–H and O–H groups in total. The number of carboxylic acids is 1. The van der Waals surface area contributed by atoms with Crippen molar-refractivity contribution in [2.45, 2.75) is 0 Å². The molecule has 0 spiro atoms. The van der Waals surface area contributed by atoms with Gasteiger partial charge in [0.05, 0.1) is 37.1 Å². The molecule has 0 aliphatic heterocycles. The second-order valence-electron chi connectivity index (χ2n) is 4.46. The molecular formula is C16H14ClN2O4-. The van der Waals surface area contributed by atoms with E-state index in [0.29, 0.717) is 27.8 Å². The fourth-order valence-corrected chi connectivity index (χ4v) is 1.99. The lowest BCUT2D eigenvalue weighted by Crippen LogP contribution is -2.22. The van der Waals surface area contributed by atoms with Crippen molar-refractivity contribution >= 4 is 29.5 Å². The monoisotopic (exact) mass is 333 g/mol. The van der Waals surface area contributed by atoms with Crippen LogP contribution in [0.25, 0.3) is 0 Å². The minimum atomic E-state index is -1.29. The number of benzene rings is 2. The molecule has 0 bridgehead atoms. The van der Waals surface area contributed by atoms with Crippen molar-refractivity contribution in [3.05, 3.63) is 52.5 Å². The Bertz CT molecular complexity index is 747. The van der Waals surface area contributed by atoms with Crippen molar-refractivity contribution in [3.8, 4) is 11.5 Å². The summed E-state index contributed by atoms with van der Waals surface area (Å²) >= 11 is 5.99. The van der Waals surface area contributed by atoms with Gasteiger partial charge in [-0.05, 0) is 29.8 Å². The van der Waals surface area contributed by atoms with Crippen LogP contribution < -0.4 is 20.0 Å². The molecule has 0 saturated carbocycles. The van der Waals surface area contributed by atoms with E-state index in [2.05, 4.69) is 10.5 Å². The highest BCUT2D eigenvalue weighted by Gasteiger charge is 2.04. The van der Waals surface area contributed by atoms with Gasteiger partial charge >= 0.3 is 0 Å². The van der Waals surface area contributed by atoms with E-state index in [1.165, 1.54) is 24.4 Å². The molecule has 0 aromatic heterocycles. The molecule has 0 saturated heterocycles. The van der Waals surface area contributed by atoms with Gasteiger partial charge in [0.1, 0.15) is 11.5 Å². The Morgan fingerprint density at radius 3 is 2.65 bits per heavy atom. The lowest BCUT2D eigenvalue weighted by Gasteiger charge is -2.09. The second-order valence-corrected chi connectivity index (χ2v) is 4.87. The largest absolute Gasteiger partial charge is 0.545 e. The molecule has 0 aliphatic rings. The van der Waals surface area contributed by atoms with Crippen LogP contribution in [0.15, 0.2) is 41.5 Å². The number of nitrogens with one attached hydrogen (secondary N) is 1. The number of methoxy groups -OCH3 is 2. The number of aromatic carboxylic acids is 1. The number of anilines is 1. The first-order valence-electron chi connectivity index (χ1n) is 6.57. The van der Waals surface area contributed by atoms with E-state index in [4.69, 9.17) is 21.1 Å². The number of carbonyl (C=O) groups excluding carboxylic acids is 1. The number of hydrazone groups is 1. The van der Waals surface area contributed by atoms with Gasteiger partial charge in [0, 0.05) is 11.6 Å². The molecule has 120 valence electrons. The van der Waals surface area contributed by atoms with Crippen molar-refractivity contribution in [3.63, 3.8) is 0 Å². The van der Waals surface area contributed by atoms with E-state index in [0.717, 1.165) is 0 Å². The maximum Gasteiger partial charge on any atom is 0.131 e. The minimum absolute atomic E-state index is 0.00845. The molecule has 2 aromatic carbocycles. The molecular weight excluding hydrogens is 320 g/mol. The average molecular weight is 334 g/mol. The molecule has 2 rings (SSSR count). The number of nitrogens with zero attached hydrogens (tertiary/aromatic N) is 1. The van der Waals surface area contributed by atoms with Gasteiger partial charge in [0.15, 0.2) is 0 Å². The molecule has 0 fully saturated rings. The van der Waals surface area contributed by atoms with Gasteiger partial charge in [0.25, 0.3) is 0 Å². The van der Waals surface area contributed by atoms with E-state index in [1.807, 2.05) is 0 Å². The van der Waals surface area contributed by atoms with Gasteiger partial charge in [-0.15, -0.1) is 0 Å². The van der Waals surface area contributed by atoms with Gasteiger partial charge in [-0.3, -0.25) is 5.43 Å². The first-order chi connectivity index (χ1) is 11.0. The molecule has 6 nitrogen and oxygen atoms in total. The lowest BCUT2D eigenvalue weighted by molar-refractivity contribution is -0.255. The summed E-state index contributed by atoms with van der Waals surface area (Å²) in [6.45, 7) is 0. The van der Waals surface area contributed by atoms with E-state index >= 15 is 0 Å². The summed E-state index contributed by atoms with van der Waals surface area (Å²) in [5, 5.41) is 15.2. The predicted molar refractivity (Wildman–Crippen MR) is 86.5 cm³/mol. The number of hydrogen-bond donors (Lipinski definition) is 1. The number of halogens is 1. The first-order valence-corrected chi connectivity index (χ1v) is 6.95. The van der Waals surface area contributed by atoms with Crippen molar-refractivity contribution < 1.29 is 19.4 Å². The standard InChI is InChI=1S/C16H15ClN2O4/c1-22-12-5-3-11(15(8-12)23-2)9-18-19-14-7-10(16(20)21)4-6-13(14)17/h3-9,19H,1-2H3,(H,20,21)/p-1/b18-9-. The van der Waals surface area contributed by atoms with E-state index in [1.54, 1.807) is 32.4 Å². The molecule has 2 aromatic rings. The zero-order chi connectivity index (χ0) is 16.8. The van der Waals surface area contributed by atoms with Crippen molar-refractivity contribution in [1.82, 2.24) is 0 Å². The summed E-state index contributed by atoms with van der Waals surface area (Å²) in [5.74, 6) is -0.0355. The summed E-state index contributed by atoms with van der Waals surface area (Å²) in [6, 6.07) is 9.44. The van der Waals surface area contributed by atoms with Crippen LogP contribution in [-0.2, 0) is 0 Å². The van der Waals surface area contributed by atoms with Crippen LogP contribution >= 0.6 is 11.6 Å². The van der Waals surface area contributed by atoms with Gasteiger partial charge in [0.2, 0.25) is 0 Å². The number of hydrogen-bond acceptors (Lipinski definition) is 6. The van der Waals surface area contributed by atoms with E-state index in [-0.39, 0.29) is 5.56 Å². The Balaban J connectivity index is 2.19. The first kappa shape index (κ1) is 16.6. The van der Waals surface area contributed by atoms with Gasteiger partial charge < -0.3 is 19.4 Å². The second kappa shape index (κ2) is 7.51. The molecule has 0 aliphatic carbocycles. The van der Waals surface area contributed by atoms with Gasteiger partial charge in [-0.25, -0.2) is 0 Å². The summed E-state index contributed by atoms with van der Waals surface area (Å²) in [7, 11) is 3.11. The van der Waals surface area contributed by atoms with Gasteiger partial charge in [-0.2, -0.15) is 5.10 Å². The minimum Gasteiger partial charge on any atom is -0.545 e. The number of carboxylic acid groups (broad SMARTS) is 1. The Morgan fingerprint density at radius 1 is 1.22 bits per heavy atom. The summed E-state index contributed by atoms with van der Waals surface area (Å²) < 4.78 is 10.4. The predicted octanol–water partition coefficient (Wildman–Crippen LogP) is 2.17. The van der Waals surface area contributed by atoms with Crippen molar-refractivity contribution in [2.75, 3.05) is 19.6 Å². The van der Waals surface area contributed by atoms with E-state index < -0.39 is 5.97 Å². The van der Waals surface area contributed by atoms with Crippen LogP contribution in [0.1, 0.15) is 15.9 Å². The van der Waals surface area contributed by atoms with Gasteiger partial charge in [-0.1, -0.05) is 17.7 Å². The Kier molecular flexibility index (Phi) is 5.43. The topological polar surface area (TPSA) is 83.0 Å². The van der Waals surface area contributed by atoms with Crippen LogP contribution in [0.3, 0.4) is 0 Å². The normalized spacial score (nSPS) is 10.6. The third-order valence-corrected chi connectivity index (χ3v) is 3.36. The highest BCUT2D eigenvalue weighted by molar-refractivity contribution is 6.33. The van der Waals surface area contributed by atoms with Crippen LogP contribution in [0.4, 0.5) is 5.69 Å². The SMILES string of the molecule is COc1ccc(/C=N\Nc2cc(C(=O)[O-])ccc2Cl)c(OC)c1. The molecule has 23 heavy (non-hydrogen) atoms. The highest BCUT2D eigenvalue weighted by atomic mass is 35.5. The lowest BCUT2D eigenvalue weighted by atomic mass is 10.2. The maximum atomic E-state index is 10.9. The number of carbonyl (C=O) groups is 1. The van der Waals surface area contributed by atoms with Crippen LogP contribution in [0.5, 0.6) is 11.5 Å². The average Bonchev–Trinajstić information content (AvgIpc) is 2.56. The zero-order valence-corrected chi connectivity index (χ0v) is 13.3. The number of ether oxygens (including phenoxy) is 2.